The highest BCUT2D eigenvalue weighted by molar-refractivity contribution is 8.00. The van der Waals surface area contributed by atoms with Crippen molar-refractivity contribution in [2.45, 2.75) is 18.0 Å². The van der Waals surface area contributed by atoms with Crippen LogP contribution in [0.3, 0.4) is 0 Å². The summed E-state index contributed by atoms with van der Waals surface area (Å²) in [6.07, 6.45) is 8.57. The second-order valence-electron chi connectivity index (χ2n) is 8.69. The number of pyridine rings is 1. The molecule has 2 atom stereocenters. The maximum Gasteiger partial charge on any atom is 0.352 e. The maximum atomic E-state index is 13.1. The van der Waals surface area contributed by atoms with E-state index in [1.807, 2.05) is 0 Å². The Hall–Kier alpha value is -4.81. The van der Waals surface area contributed by atoms with Crippen LogP contribution in [0.5, 0.6) is 11.5 Å². The summed E-state index contributed by atoms with van der Waals surface area (Å²) in [4.78, 5) is 48.6. The minimum atomic E-state index is -1.27. The van der Waals surface area contributed by atoms with Crippen molar-refractivity contribution < 1.29 is 39.1 Å². The van der Waals surface area contributed by atoms with E-state index < -0.39 is 29.2 Å². The van der Waals surface area contributed by atoms with E-state index >= 15 is 0 Å². The lowest BCUT2D eigenvalue weighted by Gasteiger charge is -2.49. The number of nitrogens with one attached hydrogen (secondary N) is 1. The van der Waals surface area contributed by atoms with Crippen LogP contribution in [0.25, 0.3) is 10.8 Å². The molecule has 1 aromatic carbocycles. The molecule has 2 aliphatic rings. The molecule has 1 unspecified atom stereocenters. The Morgan fingerprint density at radius 3 is 2.75 bits per heavy atom. The molecule has 1 fully saturated rings. The fourth-order valence-electron chi connectivity index (χ4n) is 4.33. The molecule has 3 aromatic rings. The number of aromatic hydroxyl groups is 2. The first-order valence-electron chi connectivity index (χ1n) is 11.6. The van der Waals surface area contributed by atoms with E-state index in [0.29, 0.717) is 16.3 Å². The molecule has 2 aromatic heterocycles. The first-order chi connectivity index (χ1) is 19.2. The summed E-state index contributed by atoms with van der Waals surface area (Å²) in [6.45, 7) is -0.0340. The second-order valence-corrected chi connectivity index (χ2v) is 10.7. The van der Waals surface area contributed by atoms with Crippen molar-refractivity contribution in [1.29, 1.82) is 0 Å². The van der Waals surface area contributed by atoms with Gasteiger partial charge in [-0.15, -0.1) is 29.5 Å². The molecule has 0 bridgehead atoms. The third-order valence-electron chi connectivity index (χ3n) is 6.12. The van der Waals surface area contributed by atoms with Gasteiger partial charge < -0.3 is 31.2 Å². The van der Waals surface area contributed by atoms with Gasteiger partial charge in [0, 0.05) is 28.2 Å². The van der Waals surface area contributed by atoms with E-state index in [4.69, 9.17) is 17.0 Å². The van der Waals surface area contributed by atoms with Crippen LogP contribution in [-0.4, -0.2) is 72.5 Å². The van der Waals surface area contributed by atoms with Gasteiger partial charge in [-0.05, 0) is 17.5 Å². The third kappa shape index (κ3) is 4.97. The minimum absolute atomic E-state index is 0.140. The van der Waals surface area contributed by atoms with E-state index in [1.165, 1.54) is 29.3 Å². The van der Waals surface area contributed by atoms with Crippen molar-refractivity contribution in [3.63, 3.8) is 0 Å². The zero-order chi connectivity index (χ0) is 28.6. The summed E-state index contributed by atoms with van der Waals surface area (Å²) < 4.78 is 1.72. The maximum absolute atomic E-state index is 13.1. The van der Waals surface area contributed by atoms with Crippen LogP contribution in [0, 0.1) is 12.3 Å². The number of phenolic OH excluding ortho intramolecular Hbond substituents is 2. The number of rotatable bonds is 8. The number of aromatic nitrogens is 2. The summed E-state index contributed by atoms with van der Waals surface area (Å²) in [7, 11) is 0. The lowest BCUT2D eigenvalue weighted by atomic mass is 10.0. The number of fused-ring (bicyclic) bond motifs is 2. The number of carbonyl (C=O) groups excluding carboxylic acids is 2. The van der Waals surface area contributed by atoms with E-state index in [9.17, 15) is 29.7 Å². The molecule has 15 heteroatoms. The number of anilines is 1. The molecule has 0 saturated carbocycles. The normalized spacial score (nSPS) is 18.6. The molecule has 5 rings (SSSR count). The fourth-order valence-corrected chi connectivity index (χ4v) is 6.21. The molecular weight excluding hydrogens is 560 g/mol. The smallest absolute Gasteiger partial charge is 0.352 e. The molecule has 1 saturated heterocycles. The number of hydrogen-bond acceptors (Lipinski definition) is 11. The molecule has 0 aliphatic carbocycles. The first-order valence-corrected chi connectivity index (χ1v) is 13.5. The zero-order valence-electron chi connectivity index (χ0n) is 20.5. The second kappa shape index (κ2) is 10.8. The number of carboxylic acid groups (broad SMARTS) is 1. The summed E-state index contributed by atoms with van der Waals surface area (Å²) in [5, 5.41) is 38.3. The number of carboxylic acids is 1. The molecule has 0 spiro atoms. The Balaban J connectivity index is 1.36. The van der Waals surface area contributed by atoms with Crippen LogP contribution in [0.1, 0.15) is 5.69 Å². The van der Waals surface area contributed by atoms with Gasteiger partial charge in [0.25, 0.3) is 11.8 Å². The summed E-state index contributed by atoms with van der Waals surface area (Å²) in [5.41, 5.74) is 5.92. The van der Waals surface area contributed by atoms with Gasteiger partial charge in [-0.3, -0.25) is 14.5 Å². The standard InChI is InChI=1S/C25H20N6O7S2/c1-2-5-38-29-18(15-11-40-25(26)27-15)21(34)28-19-22(35)31-20(24(36)37)14(10-39-23(19)31)9-30-4-3-12-6-16(32)17(33)7-13(12)8-30/h1,3-4,6-8,11,19,23H,5,9-10H2,(H5,26,27,28,33,34,36,37)/p+1/t19?,23-/m1/s1. The molecular formula is C25H21N6O7S2+. The van der Waals surface area contributed by atoms with Crippen LogP contribution in [0.4, 0.5) is 5.13 Å². The number of oxime groups is 1. The van der Waals surface area contributed by atoms with Crippen molar-refractivity contribution in [3.05, 3.63) is 52.9 Å². The summed E-state index contributed by atoms with van der Waals surface area (Å²) in [6, 6.07) is 3.54. The van der Waals surface area contributed by atoms with Crippen molar-refractivity contribution in [2.75, 3.05) is 18.1 Å². The predicted octanol–water partition coefficient (Wildman–Crippen LogP) is 0.370. The van der Waals surface area contributed by atoms with E-state index in [0.717, 1.165) is 16.2 Å². The Labute approximate surface area is 234 Å². The predicted molar refractivity (Wildman–Crippen MR) is 145 cm³/mol. The van der Waals surface area contributed by atoms with Crippen LogP contribution >= 0.6 is 23.1 Å². The number of thiazole rings is 1. The number of β-lactam (4-membered cyclic amide) rings is 1. The van der Waals surface area contributed by atoms with Crippen LogP contribution in [0.2, 0.25) is 0 Å². The number of nitrogen functional groups attached to an aromatic ring is 1. The number of nitrogens with two attached hydrogens (primary N) is 1. The Morgan fingerprint density at radius 1 is 1.32 bits per heavy atom. The number of carbonyl (C=O) groups is 3. The number of benzene rings is 1. The number of hydrogen-bond donors (Lipinski definition) is 5. The van der Waals surface area contributed by atoms with Gasteiger partial charge in [0.2, 0.25) is 0 Å². The monoisotopic (exact) mass is 581 g/mol. The highest BCUT2D eigenvalue weighted by atomic mass is 32.2. The average Bonchev–Trinajstić information content (AvgIpc) is 3.35. The lowest BCUT2D eigenvalue weighted by Crippen LogP contribution is -2.71. The van der Waals surface area contributed by atoms with Gasteiger partial charge in [0.1, 0.15) is 22.8 Å². The topological polar surface area (TPSA) is 192 Å². The van der Waals surface area contributed by atoms with E-state index in [1.54, 1.807) is 23.0 Å². The van der Waals surface area contributed by atoms with Crippen molar-refractivity contribution in [2.24, 2.45) is 5.16 Å². The van der Waals surface area contributed by atoms with Gasteiger partial charge in [-0.25, -0.2) is 14.3 Å². The number of amides is 2. The lowest BCUT2D eigenvalue weighted by molar-refractivity contribution is -0.687. The first kappa shape index (κ1) is 26.8. The van der Waals surface area contributed by atoms with Gasteiger partial charge in [-0.2, -0.15) is 0 Å². The minimum Gasteiger partial charge on any atom is -0.504 e. The number of phenols is 2. The van der Waals surface area contributed by atoms with E-state index in [-0.39, 0.29) is 52.6 Å². The van der Waals surface area contributed by atoms with Crippen molar-refractivity contribution in [1.82, 2.24) is 15.2 Å². The van der Waals surface area contributed by atoms with Gasteiger partial charge in [0.15, 0.2) is 47.9 Å². The average molecular weight is 582 g/mol. The van der Waals surface area contributed by atoms with Crippen LogP contribution in [0.15, 0.2) is 52.4 Å². The highest BCUT2D eigenvalue weighted by Crippen LogP contribution is 2.40. The quantitative estimate of drug-likeness (QED) is 0.0472. The largest absolute Gasteiger partial charge is 0.504 e. The molecule has 6 N–H and O–H groups in total. The fraction of sp³-hybridized carbons (Fsp3) is 0.200. The molecule has 13 nitrogen and oxygen atoms in total. The molecule has 4 heterocycles. The molecule has 0 radical (unpaired) electrons. The van der Waals surface area contributed by atoms with E-state index in [2.05, 4.69) is 21.4 Å². The molecule has 2 amide bonds. The Kier molecular flexibility index (Phi) is 7.20. The van der Waals surface area contributed by atoms with Crippen LogP contribution < -0.4 is 15.6 Å². The van der Waals surface area contributed by atoms with Crippen LogP contribution in [-0.2, 0) is 25.8 Å². The number of thioether (sulfide) groups is 1. The Bertz CT molecular complexity index is 1660. The highest BCUT2D eigenvalue weighted by Gasteiger charge is 2.54. The molecule has 204 valence electrons. The van der Waals surface area contributed by atoms with Gasteiger partial charge >= 0.3 is 5.97 Å². The number of nitrogens with zero attached hydrogens (tertiary/aromatic N) is 4. The zero-order valence-corrected chi connectivity index (χ0v) is 22.1. The summed E-state index contributed by atoms with van der Waals surface area (Å²) in [5.74, 6) is -0.639. The third-order valence-corrected chi connectivity index (χ3v) is 8.14. The van der Waals surface area contributed by atoms with Gasteiger partial charge in [-0.1, -0.05) is 11.1 Å². The SMILES string of the molecule is C#CCON=C(C(=O)NC1C(=O)N2C(C(=O)O)=C(C[n+]3ccc4cc(O)c(O)cc4c3)CS[C@H]12)c1csc(N)n1. The molecule has 2 aliphatic heterocycles. The van der Waals surface area contributed by atoms with Crippen molar-refractivity contribution >= 4 is 62.5 Å². The number of aliphatic carboxylic acids is 1. The van der Waals surface area contributed by atoms with Gasteiger partial charge in [0.05, 0.1) is 0 Å². The Morgan fingerprint density at radius 2 is 2.08 bits per heavy atom. The summed E-state index contributed by atoms with van der Waals surface area (Å²) >= 11 is 2.39. The number of terminal acetylenes is 1. The molecule has 40 heavy (non-hydrogen) atoms. The van der Waals surface area contributed by atoms with Crippen molar-refractivity contribution in [3.8, 4) is 23.8 Å².